The molecular formula is C17H23FN2O3. The topological polar surface area (TPSA) is 69.6 Å². The Morgan fingerprint density at radius 1 is 1.43 bits per heavy atom. The summed E-state index contributed by atoms with van der Waals surface area (Å²) < 4.78 is 13.3. The number of benzene rings is 1. The number of nitrogens with one attached hydrogen (secondary N) is 1. The van der Waals surface area contributed by atoms with Crippen molar-refractivity contribution in [3.05, 3.63) is 35.1 Å². The van der Waals surface area contributed by atoms with E-state index in [0.717, 1.165) is 18.4 Å². The van der Waals surface area contributed by atoms with E-state index < -0.39 is 5.82 Å². The molecule has 6 heteroatoms. The molecule has 1 aromatic rings. The van der Waals surface area contributed by atoms with Crippen molar-refractivity contribution in [3.8, 4) is 0 Å². The Morgan fingerprint density at radius 2 is 2.22 bits per heavy atom. The van der Waals surface area contributed by atoms with Crippen LogP contribution in [-0.4, -0.2) is 34.9 Å². The third-order valence-corrected chi connectivity index (χ3v) is 4.19. The van der Waals surface area contributed by atoms with Gasteiger partial charge in [0.25, 0.3) is 0 Å². The van der Waals surface area contributed by atoms with Crippen molar-refractivity contribution in [2.75, 3.05) is 13.1 Å². The number of aliphatic hydroxyl groups is 1. The van der Waals surface area contributed by atoms with Gasteiger partial charge in [0.05, 0.1) is 12.5 Å². The molecule has 126 valence electrons. The molecule has 5 nitrogen and oxygen atoms in total. The van der Waals surface area contributed by atoms with Crippen LogP contribution in [-0.2, 0) is 22.7 Å². The molecule has 1 aliphatic rings. The maximum Gasteiger partial charge on any atom is 0.225 e. The van der Waals surface area contributed by atoms with E-state index in [1.165, 1.54) is 6.07 Å². The lowest BCUT2D eigenvalue weighted by molar-refractivity contribution is -0.135. The first-order valence-electron chi connectivity index (χ1n) is 7.98. The van der Waals surface area contributed by atoms with Crippen LogP contribution >= 0.6 is 0 Å². The van der Waals surface area contributed by atoms with Gasteiger partial charge in [0.2, 0.25) is 11.8 Å². The average molecular weight is 322 g/mol. The van der Waals surface area contributed by atoms with Crippen LogP contribution in [0.15, 0.2) is 18.2 Å². The highest BCUT2D eigenvalue weighted by Gasteiger charge is 2.27. The minimum Gasteiger partial charge on any atom is -0.392 e. The van der Waals surface area contributed by atoms with Crippen molar-refractivity contribution in [1.82, 2.24) is 10.2 Å². The van der Waals surface area contributed by atoms with E-state index in [4.69, 9.17) is 5.11 Å². The average Bonchev–Trinajstić information content (AvgIpc) is 2.60. The largest absolute Gasteiger partial charge is 0.392 e. The van der Waals surface area contributed by atoms with Gasteiger partial charge in [-0.1, -0.05) is 13.0 Å². The monoisotopic (exact) mass is 322 g/mol. The number of piperidine rings is 1. The summed E-state index contributed by atoms with van der Waals surface area (Å²) in [7, 11) is 0. The highest BCUT2D eigenvalue weighted by molar-refractivity contribution is 5.81. The Labute approximate surface area is 135 Å². The van der Waals surface area contributed by atoms with Crippen LogP contribution < -0.4 is 5.32 Å². The van der Waals surface area contributed by atoms with Gasteiger partial charge in [-0.25, -0.2) is 4.39 Å². The van der Waals surface area contributed by atoms with Crippen molar-refractivity contribution < 1.29 is 19.1 Å². The smallest absolute Gasteiger partial charge is 0.225 e. The van der Waals surface area contributed by atoms with Gasteiger partial charge < -0.3 is 15.3 Å². The van der Waals surface area contributed by atoms with Crippen molar-refractivity contribution in [1.29, 1.82) is 0 Å². The standard InChI is InChI=1S/C17H23FN2O3/c1-2-16(22)20-7-3-4-13(10-20)17(23)19-9-12-5-6-15(18)14(8-12)11-21/h5-6,8,13,21H,2-4,7,9-11H2,1H3,(H,19,23). The van der Waals surface area contributed by atoms with Gasteiger partial charge in [-0.15, -0.1) is 0 Å². The van der Waals surface area contributed by atoms with Gasteiger partial charge in [-0.3, -0.25) is 9.59 Å². The highest BCUT2D eigenvalue weighted by Crippen LogP contribution is 2.18. The van der Waals surface area contributed by atoms with Crippen LogP contribution in [0.3, 0.4) is 0 Å². The van der Waals surface area contributed by atoms with Crippen LogP contribution in [0.5, 0.6) is 0 Å². The molecule has 0 radical (unpaired) electrons. The van der Waals surface area contributed by atoms with Gasteiger partial charge in [0.1, 0.15) is 5.82 Å². The maximum atomic E-state index is 13.3. The maximum absolute atomic E-state index is 13.3. The molecule has 2 N–H and O–H groups in total. The SMILES string of the molecule is CCC(=O)N1CCCC(C(=O)NCc2ccc(F)c(CO)c2)C1. The molecule has 1 fully saturated rings. The lowest BCUT2D eigenvalue weighted by Crippen LogP contribution is -2.45. The second-order valence-electron chi connectivity index (χ2n) is 5.83. The third kappa shape index (κ3) is 4.51. The number of hydrogen-bond donors (Lipinski definition) is 2. The van der Waals surface area contributed by atoms with Crippen LogP contribution in [0.1, 0.15) is 37.3 Å². The van der Waals surface area contributed by atoms with E-state index in [0.29, 0.717) is 19.5 Å². The van der Waals surface area contributed by atoms with E-state index in [-0.39, 0.29) is 36.4 Å². The van der Waals surface area contributed by atoms with E-state index >= 15 is 0 Å². The molecule has 1 aliphatic heterocycles. The third-order valence-electron chi connectivity index (χ3n) is 4.19. The van der Waals surface area contributed by atoms with E-state index in [1.54, 1.807) is 17.0 Å². The lowest BCUT2D eigenvalue weighted by Gasteiger charge is -2.32. The summed E-state index contributed by atoms with van der Waals surface area (Å²) in [5, 5.41) is 11.9. The highest BCUT2D eigenvalue weighted by atomic mass is 19.1. The molecule has 1 unspecified atom stereocenters. The number of nitrogens with zero attached hydrogens (tertiary/aromatic N) is 1. The molecule has 1 atom stereocenters. The van der Waals surface area contributed by atoms with E-state index in [9.17, 15) is 14.0 Å². The zero-order valence-corrected chi connectivity index (χ0v) is 13.3. The summed E-state index contributed by atoms with van der Waals surface area (Å²) in [6, 6.07) is 4.42. The summed E-state index contributed by atoms with van der Waals surface area (Å²) in [5.41, 5.74) is 0.954. The summed E-state index contributed by atoms with van der Waals surface area (Å²) in [4.78, 5) is 25.8. The summed E-state index contributed by atoms with van der Waals surface area (Å²) in [5.74, 6) is -0.664. The first-order valence-corrected chi connectivity index (χ1v) is 7.98. The van der Waals surface area contributed by atoms with E-state index in [2.05, 4.69) is 5.32 Å². The summed E-state index contributed by atoms with van der Waals surface area (Å²) >= 11 is 0. The van der Waals surface area contributed by atoms with E-state index in [1.807, 2.05) is 6.92 Å². The van der Waals surface area contributed by atoms with Crippen LogP contribution in [0, 0.1) is 11.7 Å². The zero-order chi connectivity index (χ0) is 16.8. The van der Waals surface area contributed by atoms with Crippen LogP contribution in [0.25, 0.3) is 0 Å². The number of rotatable bonds is 5. The number of amides is 2. The van der Waals surface area contributed by atoms with Crippen molar-refractivity contribution >= 4 is 11.8 Å². The minimum absolute atomic E-state index is 0.0774. The summed E-state index contributed by atoms with van der Waals surface area (Å²) in [6.07, 6.45) is 2.05. The Kier molecular flexibility index (Phi) is 6.10. The number of likely N-dealkylation sites (tertiary alicyclic amines) is 1. The Morgan fingerprint density at radius 3 is 2.91 bits per heavy atom. The Hall–Kier alpha value is -1.95. The second kappa shape index (κ2) is 8.06. The normalized spacial score (nSPS) is 17.9. The van der Waals surface area contributed by atoms with Gasteiger partial charge in [-0.05, 0) is 30.5 Å². The van der Waals surface area contributed by atoms with Gasteiger partial charge >= 0.3 is 0 Å². The number of halogens is 1. The van der Waals surface area contributed by atoms with Gasteiger partial charge in [0.15, 0.2) is 0 Å². The predicted octanol–water partition coefficient (Wildman–Crippen LogP) is 1.58. The van der Waals surface area contributed by atoms with Crippen molar-refractivity contribution in [3.63, 3.8) is 0 Å². The molecule has 1 aromatic carbocycles. The first-order chi connectivity index (χ1) is 11.0. The summed E-state index contributed by atoms with van der Waals surface area (Å²) in [6.45, 7) is 2.91. The fourth-order valence-corrected chi connectivity index (χ4v) is 2.83. The minimum atomic E-state index is -0.455. The van der Waals surface area contributed by atoms with Gasteiger partial charge in [-0.2, -0.15) is 0 Å². The predicted molar refractivity (Wildman–Crippen MR) is 83.8 cm³/mol. The molecule has 0 aromatic heterocycles. The lowest BCUT2D eigenvalue weighted by atomic mass is 9.96. The first kappa shape index (κ1) is 17.4. The number of aliphatic hydroxyl groups excluding tert-OH is 1. The number of carbonyl (C=O) groups excluding carboxylic acids is 2. The molecule has 0 spiro atoms. The molecule has 1 heterocycles. The Balaban J connectivity index is 1.90. The van der Waals surface area contributed by atoms with Crippen molar-refractivity contribution in [2.45, 2.75) is 39.3 Å². The zero-order valence-electron chi connectivity index (χ0n) is 13.3. The van der Waals surface area contributed by atoms with Crippen molar-refractivity contribution in [2.24, 2.45) is 5.92 Å². The molecular weight excluding hydrogens is 299 g/mol. The second-order valence-corrected chi connectivity index (χ2v) is 5.83. The molecule has 23 heavy (non-hydrogen) atoms. The fraction of sp³-hybridized carbons (Fsp3) is 0.529. The Bertz CT molecular complexity index is 577. The molecule has 2 amide bonds. The quantitative estimate of drug-likeness (QED) is 0.865. The molecule has 0 aliphatic carbocycles. The van der Waals surface area contributed by atoms with Crippen LogP contribution in [0.2, 0.25) is 0 Å². The van der Waals surface area contributed by atoms with Gasteiger partial charge in [0, 0.05) is 31.6 Å². The molecule has 0 bridgehead atoms. The molecule has 0 saturated carbocycles. The fourth-order valence-electron chi connectivity index (χ4n) is 2.83. The van der Waals surface area contributed by atoms with Crippen LogP contribution in [0.4, 0.5) is 4.39 Å². The molecule has 1 saturated heterocycles. The number of hydrogen-bond acceptors (Lipinski definition) is 3. The number of carbonyl (C=O) groups is 2. The molecule has 2 rings (SSSR count).